The highest BCUT2D eigenvalue weighted by Crippen LogP contribution is 2.40. The third kappa shape index (κ3) is 3.45. The van der Waals surface area contributed by atoms with Crippen LogP contribution in [0.15, 0.2) is 39.2 Å². The lowest BCUT2D eigenvalue weighted by atomic mass is 10.0. The molecule has 2 aliphatic rings. The number of carboxylic acid groups (broad SMARTS) is 1. The van der Waals surface area contributed by atoms with Gasteiger partial charge in [0, 0.05) is 18.2 Å². The molecule has 0 saturated carbocycles. The number of aliphatic carboxylic acids is 1. The molecule has 0 aliphatic carbocycles. The van der Waals surface area contributed by atoms with Crippen LogP contribution >= 0.6 is 11.8 Å². The predicted octanol–water partition coefficient (Wildman–Crippen LogP) is -0.240. The Labute approximate surface area is 162 Å². The van der Waals surface area contributed by atoms with Crippen LogP contribution in [-0.4, -0.2) is 68.5 Å². The van der Waals surface area contributed by atoms with E-state index >= 15 is 0 Å². The number of ether oxygens (including phenoxy) is 1. The molecule has 3 heterocycles. The first-order valence-electron chi connectivity index (χ1n) is 7.95. The minimum absolute atomic E-state index is 0.00899. The van der Waals surface area contributed by atoms with Crippen LogP contribution in [-0.2, 0) is 23.9 Å². The van der Waals surface area contributed by atoms with Gasteiger partial charge in [0.25, 0.3) is 11.8 Å². The van der Waals surface area contributed by atoms with E-state index in [1.165, 1.54) is 37.1 Å². The number of thioether (sulfide) groups is 1. The zero-order valence-corrected chi connectivity index (χ0v) is 15.3. The van der Waals surface area contributed by atoms with Crippen LogP contribution in [0.2, 0.25) is 0 Å². The van der Waals surface area contributed by atoms with Crippen molar-refractivity contribution in [3.05, 3.63) is 35.4 Å². The summed E-state index contributed by atoms with van der Waals surface area (Å²) in [6.07, 6.45) is 1.29. The summed E-state index contributed by atoms with van der Waals surface area (Å²) in [6.45, 7) is 0.955. The lowest BCUT2D eigenvalue weighted by molar-refractivity contribution is -0.150. The van der Waals surface area contributed by atoms with Crippen LogP contribution in [0.25, 0.3) is 0 Å². The summed E-state index contributed by atoms with van der Waals surface area (Å²) < 4.78 is 9.85. The Morgan fingerprint density at radius 3 is 2.79 bits per heavy atom. The predicted molar refractivity (Wildman–Crippen MR) is 93.3 cm³/mol. The molecule has 0 aromatic carbocycles. The number of carboxylic acids is 1. The van der Waals surface area contributed by atoms with Crippen LogP contribution in [0.4, 0.5) is 0 Å². The van der Waals surface area contributed by atoms with Crippen molar-refractivity contribution in [1.82, 2.24) is 10.2 Å². The van der Waals surface area contributed by atoms with Gasteiger partial charge in [-0.3, -0.25) is 19.3 Å². The molecule has 1 aromatic rings. The Morgan fingerprint density at radius 2 is 2.21 bits per heavy atom. The molecule has 2 aliphatic heterocycles. The van der Waals surface area contributed by atoms with Gasteiger partial charge in [0.2, 0.25) is 5.71 Å². The Balaban J connectivity index is 1.76. The van der Waals surface area contributed by atoms with Gasteiger partial charge in [-0.15, -0.1) is 11.8 Å². The van der Waals surface area contributed by atoms with Crippen molar-refractivity contribution in [2.24, 2.45) is 5.16 Å². The molecule has 0 spiro atoms. The monoisotopic (exact) mass is 409 g/mol. The summed E-state index contributed by atoms with van der Waals surface area (Å²) in [5.74, 6) is -3.18. The molecule has 2 amide bonds. The molecule has 0 bridgehead atoms. The van der Waals surface area contributed by atoms with Crippen LogP contribution in [0, 0.1) is 0 Å². The number of fused-ring (bicyclic) bond motifs is 1. The van der Waals surface area contributed by atoms with Gasteiger partial charge in [-0.05, 0) is 12.1 Å². The minimum Gasteiger partial charge on any atom is -0.477 e. The summed E-state index contributed by atoms with van der Waals surface area (Å²) in [4.78, 5) is 48.5. The number of amides is 2. The van der Waals surface area contributed by atoms with Crippen molar-refractivity contribution >= 4 is 41.2 Å². The standard InChI is InChI=1S/C16H15N3O8S/c1-7(20)27-5-8-6-28-15-11(14(22)19(15)12(8)16(23)24)17-13(21)10(18-25)9-3-2-4-26-9/h2-4,11,15,25H,5-6H2,1H3,(H,17,21)(H,23,24)/b18-10+/t11-,15-/m1/s1. The minimum atomic E-state index is -1.33. The number of hydrogen-bond donors (Lipinski definition) is 3. The molecule has 148 valence electrons. The number of nitrogens with one attached hydrogen (secondary N) is 1. The van der Waals surface area contributed by atoms with Gasteiger partial charge in [-0.25, -0.2) is 4.79 Å². The maximum Gasteiger partial charge on any atom is 0.352 e. The van der Waals surface area contributed by atoms with Gasteiger partial charge in [0.1, 0.15) is 23.7 Å². The smallest absolute Gasteiger partial charge is 0.352 e. The fourth-order valence-electron chi connectivity index (χ4n) is 2.81. The normalized spacial score (nSPS) is 21.7. The van der Waals surface area contributed by atoms with E-state index in [1.54, 1.807) is 0 Å². The molecule has 28 heavy (non-hydrogen) atoms. The summed E-state index contributed by atoms with van der Waals surface area (Å²) in [5.41, 5.74) is -0.389. The van der Waals surface area contributed by atoms with Crippen molar-refractivity contribution in [1.29, 1.82) is 0 Å². The van der Waals surface area contributed by atoms with E-state index in [0.29, 0.717) is 0 Å². The maximum absolute atomic E-state index is 12.5. The highest BCUT2D eigenvalue weighted by Gasteiger charge is 2.54. The molecule has 12 heteroatoms. The zero-order chi connectivity index (χ0) is 20.4. The van der Waals surface area contributed by atoms with E-state index in [0.717, 1.165) is 4.90 Å². The summed E-state index contributed by atoms with van der Waals surface area (Å²) in [5, 5.41) is 23.2. The number of nitrogens with zero attached hydrogens (tertiary/aromatic N) is 2. The van der Waals surface area contributed by atoms with E-state index in [-0.39, 0.29) is 29.4 Å². The van der Waals surface area contributed by atoms with Crippen LogP contribution in [0.5, 0.6) is 0 Å². The van der Waals surface area contributed by atoms with Gasteiger partial charge in [-0.2, -0.15) is 0 Å². The second-order valence-corrected chi connectivity index (χ2v) is 6.93. The number of hydrogen-bond acceptors (Lipinski definition) is 9. The lowest BCUT2D eigenvalue weighted by Crippen LogP contribution is -2.71. The molecule has 0 radical (unpaired) electrons. The Kier molecular flexibility index (Phi) is 5.40. The molecule has 2 atom stereocenters. The summed E-state index contributed by atoms with van der Waals surface area (Å²) in [7, 11) is 0. The highest BCUT2D eigenvalue weighted by molar-refractivity contribution is 8.00. The first kappa shape index (κ1) is 19.5. The van der Waals surface area contributed by atoms with Crippen molar-refractivity contribution in [2.75, 3.05) is 12.4 Å². The molecule has 3 N–H and O–H groups in total. The molecule has 1 fully saturated rings. The number of oxime groups is 1. The van der Waals surface area contributed by atoms with Crippen molar-refractivity contribution in [3.63, 3.8) is 0 Å². The quantitative estimate of drug-likeness (QED) is 0.189. The fraction of sp³-hybridized carbons (Fsp3) is 0.312. The van der Waals surface area contributed by atoms with Gasteiger partial charge < -0.3 is 24.8 Å². The maximum atomic E-state index is 12.5. The number of esters is 1. The molecule has 0 unspecified atom stereocenters. The zero-order valence-electron chi connectivity index (χ0n) is 14.4. The van der Waals surface area contributed by atoms with Gasteiger partial charge >= 0.3 is 11.9 Å². The summed E-state index contributed by atoms with van der Waals surface area (Å²) in [6, 6.07) is 1.90. The van der Waals surface area contributed by atoms with Crippen LogP contribution in [0.1, 0.15) is 12.7 Å². The van der Waals surface area contributed by atoms with Crippen molar-refractivity contribution < 1.29 is 38.6 Å². The molecule has 11 nitrogen and oxygen atoms in total. The first-order chi connectivity index (χ1) is 13.3. The Bertz CT molecular complexity index is 892. The summed E-state index contributed by atoms with van der Waals surface area (Å²) >= 11 is 1.22. The first-order valence-corrected chi connectivity index (χ1v) is 9.00. The molecular formula is C16H15N3O8S. The number of carbonyl (C=O) groups is 4. The average molecular weight is 409 g/mol. The third-order valence-corrected chi connectivity index (χ3v) is 5.40. The van der Waals surface area contributed by atoms with Crippen molar-refractivity contribution in [3.8, 4) is 0 Å². The van der Waals surface area contributed by atoms with E-state index in [9.17, 15) is 24.3 Å². The SMILES string of the molecule is CC(=O)OCC1=C(C(=O)O)N2C(=O)[C@@H](NC(=O)/C(=N/O)c3ccco3)[C@H]2SC1. The number of β-lactam (4-membered cyclic amide) rings is 1. The largest absolute Gasteiger partial charge is 0.477 e. The molecule has 3 rings (SSSR count). The fourth-order valence-corrected chi connectivity index (χ4v) is 4.14. The Hall–Kier alpha value is -3.28. The second-order valence-electron chi connectivity index (χ2n) is 5.82. The van der Waals surface area contributed by atoms with Gasteiger partial charge in [-0.1, -0.05) is 5.16 Å². The number of furan rings is 1. The van der Waals surface area contributed by atoms with E-state index in [1.807, 2.05) is 0 Å². The Morgan fingerprint density at radius 1 is 1.46 bits per heavy atom. The van der Waals surface area contributed by atoms with Crippen LogP contribution < -0.4 is 5.32 Å². The molecular weight excluding hydrogens is 394 g/mol. The van der Waals surface area contributed by atoms with E-state index in [4.69, 9.17) is 14.4 Å². The van der Waals surface area contributed by atoms with Gasteiger partial charge in [0.05, 0.1) is 6.26 Å². The van der Waals surface area contributed by atoms with E-state index < -0.39 is 40.9 Å². The number of rotatable bonds is 6. The lowest BCUT2D eigenvalue weighted by Gasteiger charge is -2.49. The molecule has 1 aromatic heterocycles. The average Bonchev–Trinajstić information content (AvgIpc) is 3.18. The second kappa shape index (κ2) is 7.76. The number of carbonyl (C=O) groups excluding carboxylic acids is 3. The van der Waals surface area contributed by atoms with E-state index in [2.05, 4.69) is 10.5 Å². The van der Waals surface area contributed by atoms with Crippen LogP contribution in [0.3, 0.4) is 0 Å². The van der Waals surface area contributed by atoms with Crippen molar-refractivity contribution in [2.45, 2.75) is 18.3 Å². The topological polar surface area (TPSA) is 159 Å². The molecule has 1 saturated heterocycles. The highest BCUT2D eigenvalue weighted by atomic mass is 32.2. The third-order valence-electron chi connectivity index (χ3n) is 4.06. The van der Waals surface area contributed by atoms with Gasteiger partial charge in [0.15, 0.2) is 5.76 Å².